The molecule has 1 saturated carbocycles. The summed E-state index contributed by atoms with van der Waals surface area (Å²) < 4.78 is 18.4. The second kappa shape index (κ2) is 5.19. The molecule has 2 nitrogen and oxygen atoms in total. The molecule has 98 valence electrons. The monoisotopic (exact) mass is 250 g/mol. The first-order valence-electron chi connectivity index (χ1n) is 6.43. The van der Waals surface area contributed by atoms with Crippen LogP contribution in [0.1, 0.15) is 43.0 Å². The van der Waals surface area contributed by atoms with Crippen LogP contribution in [0.15, 0.2) is 24.3 Å². The second-order valence-electron chi connectivity index (χ2n) is 5.22. The van der Waals surface area contributed by atoms with Gasteiger partial charge < -0.3 is 4.74 Å². The van der Waals surface area contributed by atoms with E-state index in [1.54, 1.807) is 7.11 Å². The largest absolute Gasteiger partial charge is 0.370 e. The molecule has 0 aliphatic heterocycles. The first kappa shape index (κ1) is 13.2. The number of carbonyl (C=O) groups is 1. The van der Waals surface area contributed by atoms with Crippen molar-refractivity contribution in [1.29, 1.82) is 0 Å². The first-order valence-corrected chi connectivity index (χ1v) is 6.43. The van der Waals surface area contributed by atoms with Crippen LogP contribution in [0.4, 0.5) is 4.39 Å². The standard InChI is InChI=1S/C15H19FO2/c1-11-7-9-15(18-2,10-8-11)14(17)12-3-5-13(16)6-4-12/h3-6,11H,7-10H2,1-2H3. The number of rotatable bonds is 3. The van der Waals surface area contributed by atoms with E-state index in [4.69, 9.17) is 4.74 Å². The number of ketones is 1. The van der Waals surface area contributed by atoms with Gasteiger partial charge in [-0.3, -0.25) is 4.79 Å². The molecule has 0 aromatic heterocycles. The molecule has 0 atom stereocenters. The zero-order valence-corrected chi connectivity index (χ0v) is 10.9. The summed E-state index contributed by atoms with van der Waals surface area (Å²) in [5, 5.41) is 0. The minimum absolute atomic E-state index is 0.0168. The highest BCUT2D eigenvalue weighted by Crippen LogP contribution is 2.36. The zero-order valence-electron chi connectivity index (χ0n) is 10.9. The average molecular weight is 250 g/mol. The highest BCUT2D eigenvalue weighted by molar-refractivity contribution is 6.02. The molecule has 0 amide bonds. The summed E-state index contributed by atoms with van der Waals surface area (Å²) in [5.74, 6) is 0.307. The van der Waals surface area contributed by atoms with Crippen LogP contribution >= 0.6 is 0 Å². The summed E-state index contributed by atoms with van der Waals surface area (Å²) in [4.78, 5) is 12.5. The van der Waals surface area contributed by atoms with E-state index in [0.29, 0.717) is 11.5 Å². The zero-order chi connectivity index (χ0) is 13.2. The van der Waals surface area contributed by atoms with E-state index in [9.17, 15) is 9.18 Å². The number of benzene rings is 1. The molecule has 0 bridgehead atoms. The number of carbonyl (C=O) groups excluding carboxylic acids is 1. The van der Waals surface area contributed by atoms with Crippen molar-refractivity contribution in [1.82, 2.24) is 0 Å². The molecular formula is C15H19FO2. The predicted octanol–water partition coefficient (Wildman–Crippen LogP) is 3.60. The van der Waals surface area contributed by atoms with Crippen molar-refractivity contribution in [2.45, 2.75) is 38.2 Å². The van der Waals surface area contributed by atoms with Crippen molar-refractivity contribution >= 4 is 5.78 Å². The van der Waals surface area contributed by atoms with Crippen molar-refractivity contribution in [2.75, 3.05) is 7.11 Å². The molecule has 3 heteroatoms. The van der Waals surface area contributed by atoms with Crippen LogP contribution in [-0.4, -0.2) is 18.5 Å². The summed E-state index contributed by atoms with van der Waals surface area (Å²) in [6, 6.07) is 5.72. The summed E-state index contributed by atoms with van der Waals surface area (Å²) in [5.41, 5.74) is -0.169. The predicted molar refractivity (Wildman–Crippen MR) is 68.1 cm³/mol. The van der Waals surface area contributed by atoms with E-state index in [0.717, 1.165) is 25.7 Å². The summed E-state index contributed by atoms with van der Waals surface area (Å²) in [6.45, 7) is 2.20. The van der Waals surface area contributed by atoms with Crippen molar-refractivity contribution < 1.29 is 13.9 Å². The smallest absolute Gasteiger partial charge is 0.194 e. The highest BCUT2D eigenvalue weighted by Gasteiger charge is 2.41. The van der Waals surface area contributed by atoms with Gasteiger partial charge in [-0.2, -0.15) is 0 Å². The Morgan fingerprint density at radius 2 is 1.83 bits per heavy atom. The Morgan fingerprint density at radius 1 is 1.28 bits per heavy atom. The molecule has 18 heavy (non-hydrogen) atoms. The maximum Gasteiger partial charge on any atom is 0.194 e. The van der Waals surface area contributed by atoms with Crippen molar-refractivity contribution in [3.8, 4) is 0 Å². The van der Waals surface area contributed by atoms with Crippen LogP contribution < -0.4 is 0 Å². The third kappa shape index (κ3) is 2.46. The topological polar surface area (TPSA) is 26.3 Å². The van der Waals surface area contributed by atoms with Gasteiger partial charge in [0, 0.05) is 12.7 Å². The maximum atomic E-state index is 12.9. The number of Topliss-reactive ketones (excluding diaryl/α,β-unsaturated/α-hetero) is 1. The Labute approximate surface area is 107 Å². The molecule has 0 saturated heterocycles. The van der Waals surface area contributed by atoms with E-state index >= 15 is 0 Å². The molecular weight excluding hydrogens is 231 g/mol. The molecule has 1 aliphatic carbocycles. The minimum Gasteiger partial charge on any atom is -0.370 e. The number of halogens is 1. The van der Waals surface area contributed by atoms with Crippen molar-refractivity contribution in [3.63, 3.8) is 0 Å². The van der Waals surface area contributed by atoms with Crippen LogP contribution in [0.3, 0.4) is 0 Å². The molecule has 1 aromatic rings. The number of ether oxygens (including phenoxy) is 1. The summed E-state index contributed by atoms with van der Waals surface area (Å²) in [7, 11) is 1.59. The fourth-order valence-electron chi connectivity index (χ4n) is 2.62. The quantitative estimate of drug-likeness (QED) is 0.766. The SMILES string of the molecule is COC1(C(=O)c2ccc(F)cc2)CCC(C)CC1. The molecule has 0 N–H and O–H groups in total. The van der Waals surface area contributed by atoms with E-state index in [1.165, 1.54) is 24.3 Å². The van der Waals surface area contributed by atoms with Crippen LogP contribution in [-0.2, 0) is 4.74 Å². The van der Waals surface area contributed by atoms with Gasteiger partial charge in [-0.1, -0.05) is 6.92 Å². The lowest BCUT2D eigenvalue weighted by molar-refractivity contribution is -0.0263. The van der Waals surface area contributed by atoms with Gasteiger partial charge in [0.15, 0.2) is 5.78 Å². The Balaban J connectivity index is 2.22. The minimum atomic E-state index is -0.704. The molecule has 0 heterocycles. The fraction of sp³-hybridized carbons (Fsp3) is 0.533. The normalized spacial score (nSPS) is 28.1. The summed E-state index contributed by atoms with van der Waals surface area (Å²) >= 11 is 0. The molecule has 0 spiro atoms. The summed E-state index contributed by atoms with van der Waals surface area (Å²) in [6.07, 6.45) is 3.50. The second-order valence-corrected chi connectivity index (χ2v) is 5.22. The van der Waals surface area contributed by atoms with Crippen molar-refractivity contribution in [3.05, 3.63) is 35.6 Å². The van der Waals surface area contributed by atoms with Gasteiger partial charge in [-0.15, -0.1) is 0 Å². The molecule has 0 radical (unpaired) electrons. The lowest BCUT2D eigenvalue weighted by Gasteiger charge is -2.36. The Kier molecular flexibility index (Phi) is 3.81. The number of hydrogen-bond donors (Lipinski definition) is 0. The third-order valence-electron chi connectivity index (χ3n) is 3.99. The molecule has 1 aromatic carbocycles. The van der Waals surface area contributed by atoms with Gasteiger partial charge in [-0.05, 0) is 55.9 Å². The van der Waals surface area contributed by atoms with Gasteiger partial charge >= 0.3 is 0 Å². The Bertz CT molecular complexity index is 417. The number of methoxy groups -OCH3 is 1. The van der Waals surface area contributed by atoms with Crippen LogP contribution in [0.2, 0.25) is 0 Å². The molecule has 0 unspecified atom stereocenters. The lowest BCUT2D eigenvalue weighted by Crippen LogP contribution is -2.43. The fourth-order valence-corrected chi connectivity index (χ4v) is 2.62. The number of hydrogen-bond acceptors (Lipinski definition) is 2. The van der Waals surface area contributed by atoms with E-state index in [-0.39, 0.29) is 11.6 Å². The van der Waals surface area contributed by atoms with E-state index in [2.05, 4.69) is 6.92 Å². The van der Waals surface area contributed by atoms with Crippen LogP contribution in [0, 0.1) is 11.7 Å². The van der Waals surface area contributed by atoms with Gasteiger partial charge in [0.2, 0.25) is 0 Å². The lowest BCUT2D eigenvalue weighted by atomic mass is 9.75. The van der Waals surface area contributed by atoms with Crippen molar-refractivity contribution in [2.24, 2.45) is 5.92 Å². The van der Waals surface area contributed by atoms with Gasteiger partial charge in [0.1, 0.15) is 11.4 Å². The van der Waals surface area contributed by atoms with Crippen LogP contribution in [0.25, 0.3) is 0 Å². The molecule has 1 aliphatic rings. The van der Waals surface area contributed by atoms with Crippen LogP contribution in [0.5, 0.6) is 0 Å². The average Bonchev–Trinajstić information content (AvgIpc) is 2.40. The molecule has 1 fully saturated rings. The van der Waals surface area contributed by atoms with E-state index in [1.807, 2.05) is 0 Å². The highest BCUT2D eigenvalue weighted by atomic mass is 19.1. The molecule has 2 rings (SSSR count). The first-order chi connectivity index (χ1) is 8.57. The Hall–Kier alpha value is -1.22. The van der Waals surface area contributed by atoms with Gasteiger partial charge in [0.25, 0.3) is 0 Å². The Morgan fingerprint density at radius 3 is 2.33 bits per heavy atom. The third-order valence-corrected chi connectivity index (χ3v) is 3.99. The maximum absolute atomic E-state index is 12.9. The van der Waals surface area contributed by atoms with Gasteiger partial charge in [0.05, 0.1) is 0 Å². The van der Waals surface area contributed by atoms with Gasteiger partial charge in [-0.25, -0.2) is 4.39 Å². The van der Waals surface area contributed by atoms with E-state index < -0.39 is 5.60 Å².